The highest BCUT2D eigenvalue weighted by Crippen LogP contribution is 2.22. The van der Waals surface area contributed by atoms with Crippen LogP contribution in [0, 0.1) is 0 Å². The topological polar surface area (TPSA) is 73.3 Å². The molecular formula is C19H23N3O2. The molecule has 0 saturated carbocycles. The number of rotatable bonds is 6. The van der Waals surface area contributed by atoms with Gasteiger partial charge in [-0.15, -0.1) is 0 Å². The van der Waals surface area contributed by atoms with Gasteiger partial charge in [-0.3, -0.25) is 0 Å². The number of imidazole rings is 1. The molecule has 1 atom stereocenters. The molecule has 0 radical (unpaired) electrons. The van der Waals surface area contributed by atoms with Crippen LogP contribution >= 0.6 is 0 Å². The number of nitrogens with two attached hydrogens (primary N) is 1. The lowest BCUT2D eigenvalue weighted by molar-refractivity contribution is 0.0925. The molecule has 0 spiro atoms. The summed E-state index contributed by atoms with van der Waals surface area (Å²) in [5, 5.41) is 10.4. The van der Waals surface area contributed by atoms with Crippen LogP contribution in [0.5, 0.6) is 5.75 Å². The lowest BCUT2D eigenvalue weighted by Crippen LogP contribution is -2.24. The van der Waals surface area contributed by atoms with Gasteiger partial charge >= 0.3 is 0 Å². The highest BCUT2D eigenvalue weighted by Gasteiger charge is 2.16. The molecule has 0 unspecified atom stereocenters. The Hall–Kier alpha value is -2.53. The van der Waals surface area contributed by atoms with E-state index in [-0.39, 0.29) is 12.5 Å². The number of aliphatic hydroxyl groups is 1. The first kappa shape index (κ1) is 16.3. The first-order valence-electron chi connectivity index (χ1n) is 8.16. The van der Waals surface area contributed by atoms with Crippen molar-refractivity contribution < 1.29 is 9.84 Å². The fourth-order valence-electron chi connectivity index (χ4n) is 2.75. The van der Waals surface area contributed by atoms with Gasteiger partial charge in [0.2, 0.25) is 0 Å². The van der Waals surface area contributed by atoms with Crippen molar-refractivity contribution in [1.82, 2.24) is 9.55 Å². The predicted octanol–water partition coefficient (Wildman–Crippen LogP) is 3.18. The van der Waals surface area contributed by atoms with E-state index in [0.29, 0.717) is 18.0 Å². The van der Waals surface area contributed by atoms with Gasteiger partial charge in [-0.05, 0) is 36.4 Å². The molecule has 0 fully saturated rings. The highest BCUT2D eigenvalue weighted by atomic mass is 16.5. The maximum Gasteiger partial charge on any atom is 0.119 e. The van der Waals surface area contributed by atoms with Crippen molar-refractivity contribution in [2.75, 3.05) is 12.3 Å². The fraction of sp³-hybridized carbons (Fsp3) is 0.316. The molecule has 2 aromatic carbocycles. The van der Waals surface area contributed by atoms with Crippen LogP contribution in [0.2, 0.25) is 0 Å². The number of benzene rings is 2. The van der Waals surface area contributed by atoms with E-state index in [0.717, 1.165) is 16.9 Å². The minimum atomic E-state index is -0.627. The van der Waals surface area contributed by atoms with E-state index in [2.05, 4.69) is 18.4 Å². The number of aromatic nitrogens is 2. The van der Waals surface area contributed by atoms with Crippen molar-refractivity contribution in [3.63, 3.8) is 0 Å². The number of hydrogen-bond donors (Lipinski definition) is 2. The molecule has 5 heteroatoms. The Balaban J connectivity index is 1.73. The summed E-state index contributed by atoms with van der Waals surface area (Å²) in [6.45, 7) is 4.88. The predicted molar refractivity (Wildman–Crippen MR) is 96.2 cm³/mol. The number of anilines is 1. The number of nitrogen functional groups attached to an aromatic ring is 1. The molecule has 1 heterocycles. The summed E-state index contributed by atoms with van der Waals surface area (Å²) in [5.41, 5.74) is 8.33. The average molecular weight is 325 g/mol. The van der Waals surface area contributed by atoms with Crippen LogP contribution in [-0.4, -0.2) is 27.4 Å². The number of fused-ring (bicyclic) bond motifs is 1. The van der Waals surface area contributed by atoms with E-state index < -0.39 is 6.10 Å². The largest absolute Gasteiger partial charge is 0.491 e. The normalized spacial score (nSPS) is 12.7. The van der Waals surface area contributed by atoms with Gasteiger partial charge in [-0.2, -0.15) is 0 Å². The van der Waals surface area contributed by atoms with Gasteiger partial charge in [0.25, 0.3) is 0 Å². The average Bonchev–Trinajstić information content (AvgIpc) is 2.93. The minimum absolute atomic E-state index is 0.216. The van der Waals surface area contributed by atoms with Gasteiger partial charge in [0.1, 0.15) is 24.3 Å². The minimum Gasteiger partial charge on any atom is -0.491 e. The summed E-state index contributed by atoms with van der Waals surface area (Å²) in [6.07, 6.45) is -0.627. The number of para-hydroxylation sites is 2. The van der Waals surface area contributed by atoms with Gasteiger partial charge in [-0.1, -0.05) is 26.0 Å². The van der Waals surface area contributed by atoms with E-state index in [1.54, 1.807) is 24.3 Å². The highest BCUT2D eigenvalue weighted by molar-refractivity contribution is 5.76. The second-order valence-corrected chi connectivity index (χ2v) is 6.26. The van der Waals surface area contributed by atoms with Crippen molar-refractivity contribution >= 4 is 16.7 Å². The van der Waals surface area contributed by atoms with E-state index in [1.807, 2.05) is 24.3 Å². The Morgan fingerprint density at radius 2 is 1.83 bits per heavy atom. The van der Waals surface area contributed by atoms with Crippen LogP contribution in [0.1, 0.15) is 25.6 Å². The lowest BCUT2D eigenvalue weighted by Gasteiger charge is -2.17. The molecular weight excluding hydrogens is 302 g/mol. The van der Waals surface area contributed by atoms with Gasteiger partial charge in [0.15, 0.2) is 0 Å². The molecule has 0 amide bonds. The van der Waals surface area contributed by atoms with Crippen molar-refractivity contribution in [3.05, 3.63) is 54.4 Å². The van der Waals surface area contributed by atoms with Crippen LogP contribution in [0.4, 0.5) is 5.69 Å². The van der Waals surface area contributed by atoms with Crippen LogP contribution < -0.4 is 10.5 Å². The zero-order valence-electron chi connectivity index (χ0n) is 14.0. The number of ether oxygens (including phenoxy) is 1. The van der Waals surface area contributed by atoms with Gasteiger partial charge in [-0.25, -0.2) is 4.98 Å². The maximum absolute atomic E-state index is 10.4. The molecule has 0 aliphatic carbocycles. The monoisotopic (exact) mass is 325 g/mol. The van der Waals surface area contributed by atoms with Crippen molar-refractivity contribution in [2.45, 2.75) is 32.4 Å². The second-order valence-electron chi connectivity index (χ2n) is 6.26. The maximum atomic E-state index is 10.4. The smallest absolute Gasteiger partial charge is 0.119 e. The summed E-state index contributed by atoms with van der Waals surface area (Å²) >= 11 is 0. The zero-order valence-corrected chi connectivity index (χ0v) is 14.0. The summed E-state index contributed by atoms with van der Waals surface area (Å²) in [7, 11) is 0. The summed E-state index contributed by atoms with van der Waals surface area (Å²) in [4.78, 5) is 4.69. The molecule has 3 rings (SSSR count). The van der Waals surface area contributed by atoms with Gasteiger partial charge in [0, 0.05) is 11.6 Å². The Bertz CT molecular complexity index is 809. The third-order valence-corrected chi connectivity index (χ3v) is 3.92. The van der Waals surface area contributed by atoms with E-state index >= 15 is 0 Å². The number of hydrogen-bond acceptors (Lipinski definition) is 4. The lowest BCUT2D eigenvalue weighted by atomic mass is 10.2. The van der Waals surface area contributed by atoms with E-state index in [4.69, 9.17) is 15.5 Å². The number of aliphatic hydroxyl groups excluding tert-OH is 1. The first-order chi connectivity index (χ1) is 11.5. The quantitative estimate of drug-likeness (QED) is 0.683. The third kappa shape index (κ3) is 3.51. The third-order valence-electron chi connectivity index (χ3n) is 3.92. The van der Waals surface area contributed by atoms with Crippen LogP contribution in [0.3, 0.4) is 0 Å². The molecule has 3 N–H and O–H groups in total. The van der Waals surface area contributed by atoms with E-state index in [1.165, 1.54) is 0 Å². The van der Waals surface area contributed by atoms with Crippen molar-refractivity contribution in [3.8, 4) is 5.75 Å². The van der Waals surface area contributed by atoms with Crippen LogP contribution in [0.15, 0.2) is 48.5 Å². The van der Waals surface area contributed by atoms with Crippen LogP contribution in [0.25, 0.3) is 11.0 Å². The van der Waals surface area contributed by atoms with Gasteiger partial charge in [0.05, 0.1) is 17.6 Å². The number of nitrogens with zero attached hydrogens (tertiary/aromatic N) is 2. The Labute approximate surface area is 141 Å². The Kier molecular flexibility index (Phi) is 4.71. The fourth-order valence-corrected chi connectivity index (χ4v) is 2.75. The Morgan fingerprint density at radius 3 is 2.54 bits per heavy atom. The van der Waals surface area contributed by atoms with Crippen molar-refractivity contribution in [1.29, 1.82) is 0 Å². The van der Waals surface area contributed by atoms with E-state index in [9.17, 15) is 5.11 Å². The molecule has 1 aromatic heterocycles. The molecule has 5 nitrogen and oxygen atoms in total. The SMILES string of the molecule is CC(C)c1nc2ccccc2n1C[C@@H](O)COc1ccc(N)cc1. The molecule has 0 aliphatic rings. The Morgan fingerprint density at radius 1 is 1.12 bits per heavy atom. The zero-order chi connectivity index (χ0) is 17.1. The molecule has 3 aromatic rings. The molecule has 24 heavy (non-hydrogen) atoms. The molecule has 0 aliphatic heterocycles. The standard InChI is InChI=1S/C19H23N3O2/c1-13(2)19-21-17-5-3-4-6-18(17)22(19)11-15(23)12-24-16-9-7-14(20)8-10-16/h3-10,13,15,23H,11-12,20H2,1-2H3/t15-/m1/s1. The van der Waals surface area contributed by atoms with Gasteiger partial charge < -0.3 is 20.1 Å². The summed E-state index contributed by atoms with van der Waals surface area (Å²) in [5.74, 6) is 1.95. The first-order valence-corrected chi connectivity index (χ1v) is 8.16. The van der Waals surface area contributed by atoms with Crippen LogP contribution in [-0.2, 0) is 6.54 Å². The molecule has 0 bridgehead atoms. The molecule has 126 valence electrons. The second kappa shape index (κ2) is 6.93. The summed E-state index contributed by atoms with van der Waals surface area (Å²) in [6, 6.07) is 15.1. The molecule has 0 saturated heterocycles. The van der Waals surface area contributed by atoms with Crippen molar-refractivity contribution in [2.24, 2.45) is 0 Å². The summed E-state index contributed by atoms with van der Waals surface area (Å²) < 4.78 is 7.73.